The van der Waals surface area contributed by atoms with Crippen LogP contribution in [0.3, 0.4) is 0 Å². The quantitative estimate of drug-likeness (QED) is 0.509. The summed E-state index contributed by atoms with van der Waals surface area (Å²) in [5, 5.41) is 9.49. The van der Waals surface area contributed by atoms with E-state index in [0.29, 0.717) is 6.42 Å². The molecule has 2 rings (SSSR count). The summed E-state index contributed by atoms with van der Waals surface area (Å²) in [6.45, 7) is 14.7. The van der Waals surface area contributed by atoms with E-state index in [2.05, 4.69) is 57.1 Å². The Bertz CT molecular complexity index is 591. The number of hydrogen-bond donors (Lipinski definition) is 1. The van der Waals surface area contributed by atoms with E-state index in [1.807, 2.05) is 18.2 Å². The van der Waals surface area contributed by atoms with E-state index >= 15 is 0 Å². The predicted molar refractivity (Wildman–Crippen MR) is 97.6 cm³/mol. The lowest BCUT2D eigenvalue weighted by Gasteiger charge is -2.64. The van der Waals surface area contributed by atoms with Crippen LogP contribution in [0.1, 0.15) is 38.8 Å². The summed E-state index contributed by atoms with van der Waals surface area (Å²) >= 11 is 0. The number of aliphatic hydroxyl groups is 1. The first-order chi connectivity index (χ1) is 10.7. The minimum atomic E-state index is -1.28. The summed E-state index contributed by atoms with van der Waals surface area (Å²) in [4.78, 5) is 13.2. The lowest BCUT2D eigenvalue weighted by molar-refractivity contribution is -0.177. The summed E-state index contributed by atoms with van der Waals surface area (Å²) in [6.07, 6.45) is 0.545. The smallest absolute Gasteiger partial charge is 0.224 e. The van der Waals surface area contributed by atoms with E-state index in [4.69, 9.17) is 0 Å². The minimum Gasteiger partial charge on any atom is -0.392 e. The SMILES string of the molecule is C=C(CO)CC1(C(C)(C)C)C(=O)N([SiH](C)C)C1c1ccccc1. The lowest BCUT2D eigenvalue weighted by atomic mass is 9.53. The Morgan fingerprint density at radius 2 is 1.87 bits per heavy atom. The number of benzene rings is 1. The fourth-order valence-electron chi connectivity index (χ4n) is 3.87. The second-order valence-corrected chi connectivity index (χ2v) is 10.7. The van der Waals surface area contributed by atoms with Crippen molar-refractivity contribution in [3.8, 4) is 0 Å². The van der Waals surface area contributed by atoms with Crippen LogP contribution in [0, 0.1) is 10.8 Å². The fraction of sp³-hybridized carbons (Fsp3) is 0.526. The van der Waals surface area contributed by atoms with Crippen molar-refractivity contribution in [2.24, 2.45) is 10.8 Å². The molecule has 1 aromatic carbocycles. The maximum atomic E-state index is 13.2. The maximum absolute atomic E-state index is 13.2. The van der Waals surface area contributed by atoms with Crippen LogP contribution in [0.5, 0.6) is 0 Å². The summed E-state index contributed by atoms with van der Waals surface area (Å²) in [5.41, 5.74) is 1.20. The Labute approximate surface area is 141 Å². The fourth-order valence-corrected chi connectivity index (χ4v) is 5.59. The van der Waals surface area contributed by atoms with Gasteiger partial charge >= 0.3 is 0 Å². The highest BCUT2D eigenvalue weighted by Gasteiger charge is 2.66. The standard InChI is InChI=1S/C19H29NO2Si/c1-14(13-21)12-19(18(2,3)4)16(15-10-8-7-9-11-15)20(17(19)22)23(5)6/h7-11,16,21,23H,1,12-13H2,2-6H3. The van der Waals surface area contributed by atoms with Gasteiger partial charge in [0.25, 0.3) is 0 Å². The summed E-state index contributed by atoms with van der Waals surface area (Å²) in [7, 11) is -1.28. The number of carbonyl (C=O) groups excluding carboxylic acids is 1. The first kappa shape index (κ1) is 18.0. The predicted octanol–water partition coefficient (Wildman–Crippen LogP) is 3.52. The van der Waals surface area contributed by atoms with Gasteiger partial charge in [-0.15, -0.1) is 0 Å². The van der Waals surface area contributed by atoms with Crippen LogP contribution in [0.25, 0.3) is 0 Å². The van der Waals surface area contributed by atoms with Crippen LogP contribution in [-0.4, -0.2) is 31.1 Å². The molecule has 0 bridgehead atoms. The highest BCUT2D eigenvalue weighted by atomic mass is 28.3. The Morgan fingerprint density at radius 3 is 2.30 bits per heavy atom. The third kappa shape index (κ3) is 2.79. The molecule has 4 heteroatoms. The van der Waals surface area contributed by atoms with Gasteiger partial charge in [-0.05, 0) is 17.4 Å². The van der Waals surface area contributed by atoms with E-state index in [-0.39, 0.29) is 24.0 Å². The van der Waals surface area contributed by atoms with Crippen LogP contribution in [0.4, 0.5) is 0 Å². The third-order valence-corrected chi connectivity index (χ3v) is 6.77. The van der Waals surface area contributed by atoms with Gasteiger partial charge in [0, 0.05) is 0 Å². The van der Waals surface area contributed by atoms with Crippen molar-refractivity contribution >= 4 is 14.9 Å². The average Bonchev–Trinajstić information content (AvgIpc) is 2.48. The van der Waals surface area contributed by atoms with Gasteiger partial charge in [0.15, 0.2) is 0 Å². The van der Waals surface area contributed by atoms with E-state index in [9.17, 15) is 9.90 Å². The van der Waals surface area contributed by atoms with Gasteiger partial charge < -0.3 is 9.67 Å². The molecule has 1 N–H and O–H groups in total. The Hall–Kier alpha value is -1.39. The van der Waals surface area contributed by atoms with Crippen LogP contribution in [0.2, 0.25) is 13.1 Å². The molecule has 2 unspecified atom stereocenters. The van der Waals surface area contributed by atoms with Crippen molar-refractivity contribution < 1.29 is 9.90 Å². The molecule has 1 aliphatic heterocycles. The molecule has 0 aliphatic carbocycles. The van der Waals surface area contributed by atoms with Gasteiger partial charge in [0.1, 0.15) is 8.96 Å². The Morgan fingerprint density at radius 1 is 1.30 bits per heavy atom. The largest absolute Gasteiger partial charge is 0.392 e. The van der Waals surface area contributed by atoms with E-state index in [1.54, 1.807) is 0 Å². The summed E-state index contributed by atoms with van der Waals surface area (Å²) < 4.78 is 2.12. The van der Waals surface area contributed by atoms with Gasteiger partial charge in [-0.1, -0.05) is 76.3 Å². The zero-order chi connectivity index (χ0) is 17.4. The molecule has 1 aliphatic rings. The second-order valence-electron chi connectivity index (χ2n) is 7.93. The molecule has 0 saturated carbocycles. The first-order valence-electron chi connectivity index (χ1n) is 8.32. The Kier molecular flexibility index (Phi) is 4.88. The molecule has 1 aromatic rings. The Balaban J connectivity index is 2.58. The molecule has 0 aromatic heterocycles. The highest BCUT2D eigenvalue weighted by molar-refractivity contribution is 6.57. The third-order valence-electron chi connectivity index (χ3n) is 5.12. The molecule has 1 fully saturated rings. The van der Waals surface area contributed by atoms with Crippen molar-refractivity contribution in [3.63, 3.8) is 0 Å². The van der Waals surface area contributed by atoms with Gasteiger partial charge in [-0.25, -0.2) is 0 Å². The van der Waals surface area contributed by atoms with E-state index in [1.165, 1.54) is 5.56 Å². The minimum absolute atomic E-state index is 0.0638. The van der Waals surface area contributed by atoms with Crippen LogP contribution >= 0.6 is 0 Å². The number of rotatable bonds is 5. The molecule has 0 radical (unpaired) electrons. The van der Waals surface area contributed by atoms with Crippen LogP contribution < -0.4 is 0 Å². The zero-order valence-corrected chi connectivity index (χ0v) is 16.1. The molecule has 23 heavy (non-hydrogen) atoms. The monoisotopic (exact) mass is 331 g/mol. The molecular formula is C19H29NO2Si. The maximum Gasteiger partial charge on any atom is 0.224 e. The molecule has 1 saturated heterocycles. The van der Waals surface area contributed by atoms with Crippen molar-refractivity contribution in [3.05, 3.63) is 48.0 Å². The number of amides is 1. The molecule has 3 nitrogen and oxygen atoms in total. The topological polar surface area (TPSA) is 40.5 Å². The van der Waals surface area contributed by atoms with Crippen molar-refractivity contribution in [1.82, 2.24) is 4.57 Å². The van der Waals surface area contributed by atoms with Gasteiger partial charge in [-0.2, -0.15) is 0 Å². The molecular weight excluding hydrogens is 302 g/mol. The highest BCUT2D eigenvalue weighted by Crippen LogP contribution is 2.62. The molecule has 0 spiro atoms. The molecule has 2 atom stereocenters. The molecule has 126 valence electrons. The normalized spacial score (nSPS) is 24.7. The van der Waals surface area contributed by atoms with Crippen molar-refractivity contribution in [1.29, 1.82) is 0 Å². The van der Waals surface area contributed by atoms with E-state index in [0.717, 1.165) is 5.57 Å². The van der Waals surface area contributed by atoms with E-state index < -0.39 is 14.4 Å². The molecule has 1 heterocycles. The van der Waals surface area contributed by atoms with Crippen LogP contribution in [-0.2, 0) is 4.79 Å². The summed E-state index contributed by atoms with van der Waals surface area (Å²) in [6, 6.07) is 10.4. The van der Waals surface area contributed by atoms with Crippen LogP contribution in [0.15, 0.2) is 42.5 Å². The zero-order valence-electron chi connectivity index (χ0n) is 15.0. The number of aliphatic hydroxyl groups excluding tert-OH is 1. The van der Waals surface area contributed by atoms with Gasteiger partial charge in [-0.3, -0.25) is 4.79 Å². The van der Waals surface area contributed by atoms with Gasteiger partial charge in [0.2, 0.25) is 5.91 Å². The lowest BCUT2D eigenvalue weighted by Crippen LogP contribution is -2.70. The van der Waals surface area contributed by atoms with Gasteiger partial charge in [0.05, 0.1) is 18.1 Å². The first-order valence-corrected chi connectivity index (χ1v) is 11.1. The number of carbonyl (C=O) groups is 1. The second kappa shape index (κ2) is 6.25. The summed E-state index contributed by atoms with van der Waals surface area (Å²) in [5.74, 6) is 0.232. The number of nitrogens with zero attached hydrogens (tertiary/aromatic N) is 1. The average molecular weight is 332 g/mol. The number of β-lactam (4-membered cyclic amide) rings is 1. The molecule has 1 amide bonds. The van der Waals surface area contributed by atoms with Crippen molar-refractivity contribution in [2.45, 2.75) is 46.3 Å². The number of hydrogen-bond acceptors (Lipinski definition) is 2. The van der Waals surface area contributed by atoms with Crippen molar-refractivity contribution in [2.75, 3.05) is 6.61 Å².